The van der Waals surface area contributed by atoms with Gasteiger partial charge in [-0.2, -0.15) is 0 Å². The van der Waals surface area contributed by atoms with Crippen LogP contribution in [0, 0.1) is 11.6 Å². The number of rotatable bonds is 5. The van der Waals surface area contributed by atoms with E-state index in [1.807, 2.05) is 6.92 Å². The molecule has 0 aliphatic carbocycles. The molecule has 0 spiro atoms. The first-order valence-corrected chi connectivity index (χ1v) is 7.55. The van der Waals surface area contributed by atoms with E-state index >= 15 is 0 Å². The first-order chi connectivity index (χ1) is 9.95. The summed E-state index contributed by atoms with van der Waals surface area (Å²) in [5.41, 5.74) is 0.778. The van der Waals surface area contributed by atoms with Crippen LogP contribution in [-0.2, 0) is 7.05 Å². The molecule has 1 aromatic carbocycles. The molecular formula is C13H14BrClF2N4. The minimum Gasteiger partial charge on any atom is -0.305 e. The van der Waals surface area contributed by atoms with Crippen molar-refractivity contribution in [3.8, 4) is 0 Å². The number of halogens is 4. The molecule has 0 amide bonds. The molecule has 1 atom stereocenters. The molecular weight excluding hydrogens is 366 g/mol. The largest absolute Gasteiger partial charge is 0.305 e. The van der Waals surface area contributed by atoms with Crippen LogP contribution in [0.15, 0.2) is 16.7 Å². The Kier molecular flexibility index (Phi) is 5.29. The molecule has 0 aliphatic rings. The summed E-state index contributed by atoms with van der Waals surface area (Å²) in [5.74, 6) is -1.24. The molecule has 0 fully saturated rings. The Morgan fingerprint density at radius 3 is 2.67 bits per heavy atom. The van der Waals surface area contributed by atoms with Gasteiger partial charge in [0, 0.05) is 12.6 Å². The highest BCUT2D eigenvalue weighted by Crippen LogP contribution is 2.31. The third-order valence-corrected chi connectivity index (χ3v) is 3.90. The van der Waals surface area contributed by atoms with Crippen LogP contribution in [0.4, 0.5) is 8.78 Å². The first kappa shape index (κ1) is 16.3. The Labute approximate surface area is 134 Å². The Morgan fingerprint density at radius 2 is 2.10 bits per heavy atom. The lowest BCUT2D eigenvalue weighted by Crippen LogP contribution is -2.26. The van der Waals surface area contributed by atoms with Gasteiger partial charge in [0.05, 0.1) is 16.8 Å². The van der Waals surface area contributed by atoms with Gasteiger partial charge >= 0.3 is 0 Å². The Hall–Kier alpha value is -1.05. The molecule has 2 rings (SSSR count). The molecule has 0 saturated carbocycles. The molecule has 1 N–H and O–H groups in total. The van der Waals surface area contributed by atoms with Gasteiger partial charge in [-0.05, 0) is 41.0 Å². The summed E-state index contributed by atoms with van der Waals surface area (Å²) < 4.78 is 29.9. The van der Waals surface area contributed by atoms with Gasteiger partial charge in [0.15, 0.2) is 4.60 Å². The van der Waals surface area contributed by atoms with E-state index in [1.54, 1.807) is 7.05 Å². The molecule has 1 heterocycles. The second kappa shape index (κ2) is 6.81. The van der Waals surface area contributed by atoms with Gasteiger partial charge in [0.25, 0.3) is 0 Å². The molecule has 4 nitrogen and oxygen atoms in total. The lowest BCUT2D eigenvalue weighted by Gasteiger charge is -2.20. The minimum absolute atomic E-state index is 0.163. The number of hydrogen-bond acceptors (Lipinski definition) is 3. The average molecular weight is 380 g/mol. The summed E-state index contributed by atoms with van der Waals surface area (Å²) in [5, 5.41) is 10.7. The van der Waals surface area contributed by atoms with Crippen molar-refractivity contribution in [3.63, 3.8) is 0 Å². The van der Waals surface area contributed by atoms with Gasteiger partial charge in [0.1, 0.15) is 11.6 Å². The molecule has 8 heteroatoms. The van der Waals surface area contributed by atoms with Crippen LogP contribution in [0.2, 0.25) is 5.02 Å². The lowest BCUT2D eigenvalue weighted by atomic mass is 10.0. The number of nitrogens with zero attached hydrogens (tertiary/aromatic N) is 3. The standard InChI is InChI=1S/C13H14BrClF2N4/c1-3-4-18-11(12-13(14)19-20-21(12)2)7-5-10(17)8(15)6-9(7)16/h5-6,11,18H,3-4H2,1-2H3. The van der Waals surface area contributed by atoms with Crippen molar-refractivity contribution in [2.24, 2.45) is 7.05 Å². The number of nitrogens with one attached hydrogen (secondary N) is 1. The van der Waals surface area contributed by atoms with E-state index in [0.29, 0.717) is 16.8 Å². The van der Waals surface area contributed by atoms with Crippen molar-refractivity contribution in [1.29, 1.82) is 0 Å². The third-order valence-electron chi connectivity index (χ3n) is 3.05. The van der Waals surface area contributed by atoms with E-state index in [9.17, 15) is 8.78 Å². The zero-order valence-electron chi connectivity index (χ0n) is 11.5. The fraction of sp³-hybridized carbons (Fsp3) is 0.385. The van der Waals surface area contributed by atoms with Gasteiger partial charge in [-0.15, -0.1) is 5.10 Å². The van der Waals surface area contributed by atoms with Gasteiger partial charge in [-0.1, -0.05) is 23.7 Å². The average Bonchev–Trinajstić information content (AvgIpc) is 2.76. The van der Waals surface area contributed by atoms with E-state index < -0.39 is 17.7 Å². The Balaban J connectivity index is 2.53. The van der Waals surface area contributed by atoms with E-state index in [1.165, 1.54) is 4.68 Å². The Bertz CT molecular complexity index is 628. The highest BCUT2D eigenvalue weighted by atomic mass is 79.9. The smallest absolute Gasteiger partial charge is 0.153 e. The van der Waals surface area contributed by atoms with Crippen molar-refractivity contribution in [2.75, 3.05) is 6.54 Å². The third kappa shape index (κ3) is 3.41. The lowest BCUT2D eigenvalue weighted by molar-refractivity contribution is 0.510. The van der Waals surface area contributed by atoms with Crippen molar-refractivity contribution in [2.45, 2.75) is 19.4 Å². The summed E-state index contributed by atoms with van der Waals surface area (Å²) in [6.45, 7) is 2.62. The molecule has 0 saturated heterocycles. The normalized spacial score (nSPS) is 12.7. The first-order valence-electron chi connectivity index (χ1n) is 6.38. The number of hydrogen-bond donors (Lipinski definition) is 1. The molecule has 0 bridgehead atoms. The maximum Gasteiger partial charge on any atom is 0.153 e. The Morgan fingerprint density at radius 1 is 1.38 bits per heavy atom. The van der Waals surface area contributed by atoms with Crippen LogP contribution in [0.5, 0.6) is 0 Å². The summed E-state index contributed by atoms with van der Waals surface area (Å²) in [6, 6.07) is 1.50. The van der Waals surface area contributed by atoms with Crippen LogP contribution in [-0.4, -0.2) is 21.5 Å². The van der Waals surface area contributed by atoms with Crippen molar-refractivity contribution in [3.05, 3.63) is 44.7 Å². The van der Waals surface area contributed by atoms with Crippen LogP contribution in [0.3, 0.4) is 0 Å². The topological polar surface area (TPSA) is 42.7 Å². The summed E-state index contributed by atoms with van der Waals surface area (Å²) in [4.78, 5) is 0. The molecule has 1 aromatic heterocycles. The SMILES string of the molecule is CCCNC(c1cc(F)c(Cl)cc1F)c1c(Br)nnn1C. The number of aryl methyl sites for hydroxylation is 1. The van der Waals surface area contributed by atoms with Crippen LogP contribution in [0.25, 0.3) is 0 Å². The summed E-state index contributed by atoms with van der Waals surface area (Å²) >= 11 is 8.90. The molecule has 114 valence electrons. The van der Waals surface area contributed by atoms with E-state index in [0.717, 1.165) is 18.6 Å². The van der Waals surface area contributed by atoms with E-state index in [-0.39, 0.29) is 10.6 Å². The summed E-state index contributed by atoms with van der Waals surface area (Å²) in [6.07, 6.45) is 0.844. The zero-order chi connectivity index (χ0) is 15.6. The fourth-order valence-electron chi connectivity index (χ4n) is 2.05. The van der Waals surface area contributed by atoms with Gasteiger partial charge in [0.2, 0.25) is 0 Å². The van der Waals surface area contributed by atoms with E-state index in [2.05, 4.69) is 31.6 Å². The van der Waals surface area contributed by atoms with Crippen molar-refractivity contribution >= 4 is 27.5 Å². The number of aromatic nitrogens is 3. The molecule has 2 aromatic rings. The monoisotopic (exact) mass is 378 g/mol. The minimum atomic E-state index is -0.664. The van der Waals surface area contributed by atoms with Gasteiger partial charge in [-0.25, -0.2) is 13.5 Å². The number of benzene rings is 1. The predicted molar refractivity (Wildman–Crippen MR) is 80.2 cm³/mol. The fourth-order valence-corrected chi connectivity index (χ4v) is 2.75. The van der Waals surface area contributed by atoms with Crippen LogP contribution in [0.1, 0.15) is 30.6 Å². The summed E-state index contributed by atoms with van der Waals surface area (Å²) in [7, 11) is 1.69. The van der Waals surface area contributed by atoms with Crippen LogP contribution >= 0.6 is 27.5 Å². The quantitative estimate of drug-likeness (QED) is 0.807. The van der Waals surface area contributed by atoms with Crippen LogP contribution < -0.4 is 5.32 Å². The van der Waals surface area contributed by atoms with Gasteiger partial charge < -0.3 is 5.32 Å². The highest BCUT2D eigenvalue weighted by Gasteiger charge is 2.25. The predicted octanol–water partition coefficient (Wildman–Crippen LogP) is 3.60. The maximum atomic E-state index is 14.2. The molecule has 21 heavy (non-hydrogen) atoms. The van der Waals surface area contributed by atoms with Crippen molar-refractivity contribution in [1.82, 2.24) is 20.3 Å². The molecule has 1 unspecified atom stereocenters. The maximum absolute atomic E-state index is 14.2. The molecule has 0 aliphatic heterocycles. The van der Waals surface area contributed by atoms with E-state index in [4.69, 9.17) is 11.6 Å². The van der Waals surface area contributed by atoms with Crippen molar-refractivity contribution < 1.29 is 8.78 Å². The zero-order valence-corrected chi connectivity index (χ0v) is 13.8. The highest BCUT2D eigenvalue weighted by molar-refractivity contribution is 9.10. The molecule has 0 radical (unpaired) electrons. The van der Waals surface area contributed by atoms with Gasteiger partial charge in [-0.3, -0.25) is 0 Å². The second-order valence-electron chi connectivity index (χ2n) is 4.56. The second-order valence-corrected chi connectivity index (χ2v) is 5.72.